The van der Waals surface area contributed by atoms with Crippen LogP contribution in [0.2, 0.25) is 10.0 Å². The molecule has 0 radical (unpaired) electrons. The highest BCUT2D eigenvalue weighted by Gasteiger charge is 2.11. The van der Waals surface area contributed by atoms with Gasteiger partial charge in [-0.3, -0.25) is 0 Å². The molecule has 0 aliphatic carbocycles. The van der Waals surface area contributed by atoms with Gasteiger partial charge in [0, 0.05) is 11.3 Å². The number of para-hydroxylation sites is 1. The highest BCUT2D eigenvalue weighted by molar-refractivity contribution is 7.21. The molecule has 1 aromatic heterocycles. The van der Waals surface area contributed by atoms with Crippen LogP contribution in [0.5, 0.6) is 0 Å². The molecule has 0 amide bonds. The van der Waals surface area contributed by atoms with Crippen LogP contribution in [0.3, 0.4) is 0 Å². The molecule has 0 saturated carbocycles. The summed E-state index contributed by atoms with van der Waals surface area (Å²) in [4.78, 5) is 4.53. The molecular formula is C13H8Cl2N2S. The van der Waals surface area contributed by atoms with Crippen molar-refractivity contribution in [1.29, 1.82) is 0 Å². The van der Waals surface area contributed by atoms with E-state index in [2.05, 4.69) is 4.98 Å². The average molecular weight is 295 g/mol. The fourth-order valence-electron chi connectivity index (χ4n) is 1.74. The van der Waals surface area contributed by atoms with Gasteiger partial charge in [-0.1, -0.05) is 29.3 Å². The Morgan fingerprint density at radius 2 is 1.89 bits per heavy atom. The maximum absolute atomic E-state index is 6.18. The number of nitrogens with two attached hydrogens (primary N) is 1. The van der Waals surface area contributed by atoms with Crippen molar-refractivity contribution in [3.8, 4) is 10.6 Å². The smallest absolute Gasteiger partial charge is 0.126 e. The Morgan fingerprint density at radius 1 is 1.06 bits per heavy atom. The molecule has 2 aromatic carbocycles. The molecule has 1 heterocycles. The fraction of sp³-hybridized carbons (Fsp3) is 0. The molecule has 0 unspecified atom stereocenters. The first-order chi connectivity index (χ1) is 8.65. The number of benzene rings is 2. The van der Waals surface area contributed by atoms with Crippen molar-refractivity contribution >= 4 is 50.4 Å². The van der Waals surface area contributed by atoms with Crippen molar-refractivity contribution in [2.45, 2.75) is 0 Å². The highest BCUT2D eigenvalue weighted by atomic mass is 35.5. The van der Waals surface area contributed by atoms with Gasteiger partial charge in [-0.25, -0.2) is 4.98 Å². The molecule has 5 heteroatoms. The number of aromatic nitrogens is 1. The van der Waals surface area contributed by atoms with Gasteiger partial charge in [-0.2, -0.15) is 0 Å². The minimum Gasteiger partial charge on any atom is -0.399 e. The average Bonchev–Trinajstić information content (AvgIpc) is 2.77. The molecule has 0 saturated heterocycles. The summed E-state index contributed by atoms with van der Waals surface area (Å²) in [5, 5.41) is 2.12. The summed E-state index contributed by atoms with van der Waals surface area (Å²) in [7, 11) is 0. The molecule has 0 bridgehead atoms. The topological polar surface area (TPSA) is 38.9 Å². The molecule has 0 atom stereocenters. The molecule has 0 aliphatic rings. The molecule has 2 N–H and O–H groups in total. The molecule has 3 aromatic rings. The number of fused-ring (bicyclic) bond motifs is 1. The van der Waals surface area contributed by atoms with Gasteiger partial charge < -0.3 is 5.73 Å². The Balaban J connectivity index is 2.26. The minimum atomic E-state index is 0.638. The van der Waals surface area contributed by atoms with Crippen molar-refractivity contribution in [3.63, 3.8) is 0 Å². The van der Waals surface area contributed by atoms with E-state index >= 15 is 0 Å². The summed E-state index contributed by atoms with van der Waals surface area (Å²) in [6, 6.07) is 11.1. The summed E-state index contributed by atoms with van der Waals surface area (Å²) in [6.45, 7) is 0. The first-order valence-electron chi connectivity index (χ1n) is 5.25. The predicted molar refractivity (Wildman–Crippen MR) is 79.5 cm³/mol. The van der Waals surface area contributed by atoms with Gasteiger partial charge >= 0.3 is 0 Å². The van der Waals surface area contributed by atoms with E-state index < -0.39 is 0 Å². The van der Waals surface area contributed by atoms with Crippen LogP contribution in [-0.2, 0) is 0 Å². The minimum absolute atomic E-state index is 0.638. The predicted octanol–water partition coefficient (Wildman–Crippen LogP) is 4.85. The molecule has 0 fully saturated rings. The van der Waals surface area contributed by atoms with E-state index in [1.165, 1.54) is 0 Å². The number of thiazole rings is 1. The third-order valence-electron chi connectivity index (χ3n) is 2.59. The van der Waals surface area contributed by atoms with E-state index in [9.17, 15) is 0 Å². The van der Waals surface area contributed by atoms with Crippen molar-refractivity contribution in [2.75, 3.05) is 5.73 Å². The second-order valence-electron chi connectivity index (χ2n) is 3.84. The van der Waals surface area contributed by atoms with Gasteiger partial charge in [0.25, 0.3) is 0 Å². The lowest BCUT2D eigenvalue weighted by Crippen LogP contribution is -1.86. The van der Waals surface area contributed by atoms with Crippen LogP contribution in [0, 0.1) is 0 Å². The van der Waals surface area contributed by atoms with Gasteiger partial charge in [0.15, 0.2) is 0 Å². The maximum atomic E-state index is 6.18. The number of hydrogen-bond acceptors (Lipinski definition) is 3. The van der Waals surface area contributed by atoms with Crippen molar-refractivity contribution in [2.24, 2.45) is 0 Å². The van der Waals surface area contributed by atoms with Crippen LogP contribution >= 0.6 is 34.5 Å². The number of nitrogens with zero attached hydrogens (tertiary/aromatic N) is 1. The lowest BCUT2D eigenvalue weighted by atomic mass is 10.2. The van der Waals surface area contributed by atoms with E-state index in [1.54, 1.807) is 23.5 Å². The number of anilines is 1. The van der Waals surface area contributed by atoms with Crippen molar-refractivity contribution in [3.05, 3.63) is 46.4 Å². The van der Waals surface area contributed by atoms with Crippen LogP contribution < -0.4 is 5.73 Å². The molecule has 90 valence electrons. The van der Waals surface area contributed by atoms with E-state index in [0.29, 0.717) is 15.7 Å². The third kappa shape index (κ3) is 1.94. The Morgan fingerprint density at radius 3 is 2.67 bits per heavy atom. The summed E-state index contributed by atoms with van der Waals surface area (Å²) < 4.78 is 1.04. The largest absolute Gasteiger partial charge is 0.399 e. The van der Waals surface area contributed by atoms with Crippen LogP contribution in [-0.4, -0.2) is 4.98 Å². The molecular weight excluding hydrogens is 287 g/mol. The van der Waals surface area contributed by atoms with Gasteiger partial charge in [0.2, 0.25) is 0 Å². The van der Waals surface area contributed by atoms with Gasteiger partial charge in [-0.15, -0.1) is 11.3 Å². The standard InChI is InChI=1S/C13H8Cl2N2S/c14-9-5-4-7(16)6-8(9)13-17-12-10(15)2-1-3-11(12)18-13/h1-6H,16H2. The monoisotopic (exact) mass is 294 g/mol. The zero-order valence-corrected chi connectivity index (χ0v) is 11.5. The van der Waals surface area contributed by atoms with Crippen LogP contribution in [0.25, 0.3) is 20.8 Å². The quantitative estimate of drug-likeness (QED) is 0.652. The SMILES string of the molecule is Nc1ccc(Cl)c(-c2nc3c(Cl)cccc3s2)c1. The van der Waals surface area contributed by atoms with Crippen LogP contribution in [0.4, 0.5) is 5.69 Å². The summed E-state index contributed by atoms with van der Waals surface area (Å²) in [5.41, 5.74) is 8.09. The fourth-order valence-corrected chi connectivity index (χ4v) is 3.30. The van der Waals surface area contributed by atoms with Crippen molar-refractivity contribution < 1.29 is 0 Å². The molecule has 2 nitrogen and oxygen atoms in total. The number of nitrogen functional groups attached to an aromatic ring is 1. The van der Waals surface area contributed by atoms with Gasteiger partial charge in [0.05, 0.1) is 14.7 Å². The molecule has 18 heavy (non-hydrogen) atoms. The first kappa shape index (κ1) is 11.8. The zero-order chi connectivity index (χ0) is 12.7. The second-order valence-corrected chi connectivity index (χ2v) is 5.69. The Hall–Kier alpha value is -1.29. The van der Waals surface area contributed by atoms with Crippen molar-refractivity contribution in [1.82, 2.24) is 4.98 Å². The Bertz CT molecular complexity index is 737. The van der Waals surface area contributed by atoms with Gasteiger partial charge in [-0.05, 0) is 30.3 Å². The summed E-state index contributed by atoms with van der Waals surface area (Å²) in [6.07, 6.45) is 0. The summed E-state index contributed by atoms with van der Waals surface area (Å²) >= 11 is 13.8. The molecule has 0 aliphatic heterocycles. The van der Waals surface area contributed by atoms with E-state index in [1.807, 2.05) is 24.3 Å². The maximum Gasteiger partial charge on any atom is 0.126 e. The molecule has 3 rings (SSSR count). The number of rotatable bonds is 1. The Kier molecular flexibility index (Phi) is 2.90. The highest BCUT2D eigenvalue weighted by Crippen LogP contribution is 2.37. The lowest BCUT2D eigenvalue weighted by molar-refractivity contribution is 1.48. The van der Waals surface area contributed by atoms with Crippen LogP contribution in [0.1, 0.15) is 0 Å². The van der Waals surface area contributed by atoms with E-state index in [-0.39, 0.29) is 0 Å². The van der Waals surface area contributed by atoms with E-state index in [0.717, 1.165) is 20.8 Å². The summed E-state index contributed by atoms with van der Waals surface area (Å²) in [5.74, 6) is 0. The Labute approximate surface area is 118 Å². The third-order valence-corrected chi connectivity index (χ3v) is 4.28. The van der Waals surface area contributed by atoms with Gasteiger partial charge in [0.1, 0.15) is 10.5 Å². The second kappa shape index (κ2) is 4.43. The first-order valence-corrected chi connectivity index (χ1v) is 6.83. The number of hydrogen-bond donors (Lipinski definition) is 1. The van der Waals surface area contributed by atoms with E-state index in [4.69, 9.17) is 28.9 Å². The zero-order valence-electron chi connectivity index (χ0n) is 9.15. The number of halogens is 2. The lowest BCUT2D eigenvalue weighted by Gasteiger charge is -2.01. The van der Waals surface area contributed by atoms with Crippen LogP contribution in [0.15, 0.2) is 36.4 Å². The molecule has 0 spiro atoms. The normalized spacial score (nSPS) is 11.0.